The van der Waals surface area contributed by atoms with Crippen molar-refractivity contribution in [2.24, 2.45) is 0 Å². The first-order chi connectivity index (χ1) is 4.76. The van der Waals surface area contributed by atoms with Crippen molar-refractivity contribution in [3.8, 4) is 0 Å². The second-order valence-corrected chi connectivity index (χ2v) is 13.1. The summed E-state index contributed by atoms with van der Waals surface area (Å²) in [6.07, 6.45) is 0. The van der Waals surface area contributed by atoms with Gasteiger partial charge in [0, 0.05) is 0 Å². The fourth-order valence-electron chi connectivity index (χ4n) is 1.48. The van der Waals surface area contributed by atoms with Crippen LogP contribution in [0.15, 0.2) is 0 Å². The first-order valence-corrected chi connectivity index (χ1v) is 11.0. The van der Waals surface area contributed by atoms with E-state index < -0.39 is 6.89 Å². The van der Waals surface area contributed by atoms with Gasteiger partial charge >= 0.3 is 18.9 Å². The largest absolute Gasteiger partial charge is 1.00 e. The van der Waals surface area contributed by atoms with E-state index in [1.54, 1.807) is 0 Å². The number of hydrogen-bond acceptors (Lipinski definition) is 0. The maximum Gasteiger partial charge on any atom is 1.00 e. The molecule has 0 rings (SSSR count). The summed E-state index contributed by atoms with van der Waals surface area (Å²) >= 11 is 0. The van der Waals surface area contributed by atoms with Crippen LogP contribution in [-0.4, -0.2) is 44.8 Å². The molecule has 0 bridgehead atoms. The van der Waals surface area contributed by atoms with Crippen LogP contribution in [0.5, 0.6) is 0 Å². The molecular formula is C8H20LiP3. The third-order valence-corrected chi connectivity index (χ3v) is 12.1. The molecule has 12 heavy (non-hydrogen) atoms. The Bertz CT molecular complexity index is 160. The minimum Gasteiger partial charge on any atom is -0.315 e. The van der Waals surface area contributed by atoms with E-state index in [4.69, 9.17) is 0 Å². The predicted molar refractivity (Wildman–Crippen MR) is 66.7 cm³/mol. The van der Waals surface area contributed by atoms with Crippen LogP contribution in [0.4, 0.5) is 0 Å². The third-order valence-electron chi connectivity index (χ3n) is 1.34. The van der Waals surface area contributed by atoms with Crippen LogP contribution < -0.4 is 18.9 Å². The van der Waals surface area contributed by atoms with Gasteiger partial charge in [0.15, 0.2) is 0 Å². The zero-order valence-electron chi connectivity index (χ0n) is 9.55. The minimum atomic E-state index is -0.914. The Kier molecular flexibility index (Phi) is 8.48. The van der Waals surface area contributed by atoms with Gasteiger partial charge in [0.05, 0.1) is 0 Å². The first-order valence-electron chi connectivity index (χ1n) is 3.67. The molecule has 0 aliphatic heterocycles. The molecule has 0 heterocycles. The molecule has 0 spiro atoms. The third kappa shape index (κ3) is 5.48. The van der Waals surface area contributed by atoms with Gasteiger partial charge in [-0.05, 0) is 26.7 Å². The summed E-state index contributed by atoms with van der Waals surface area (Å²) in [7, 11) is 0.282. The van der Waals surface area contributed by atoms with Crippen LogP contribution in [-0.2, 0) is 0 Å². The van der Waals surface area contributed by atoms with Crippen molar-refractivity contribution in [1.29, 1.82) is 0 Å². The van der Waals surface area contributed by atoms with Crippen LogP contribution in [0, 0.1) is 6.66 Å². The molecule has 0 unspecified atom stereocenters. The molecule has 0 N–H and O–H groups in total. The fraction of sp³-hybridized carbons (Fsp3) is 0.750. The maximum atomic E-state index is 4.32. The second kappa shape index (κ2) is 6.28. The monoisotopic (exact) mass is 216 g/mol. The molecule has 0 fully saturated rings. The molecule has 4 heteroatoms. The van der Waals surface area contributed by atoms with Crippen molar-refractivity contribution in [2.75, 3.05) is 40.0 Å². The van der Waals surface area contributed by atoms with E-state index >= 15 is 0 Å². The SMILES string of the molecule is [CH2-]P(C)(C)=C(P(C)C)P(C)C.[Li+]. The Hall–Kier alpha value is 1.76. The van der Waals surface area contributed by atoms with E-state index in [0.717, 1.165) is 0 Å². The van der Waals surface area contributed by atoms with Crippen molar-refractivity contribution >= 4 is 27.5 Å². The normalized spacial score (nSPS) is 11.8. The van der Waals surface area contributed by atoms with Crippen molar-refractivity contribution in [2.45, 2.75) is 0 Å². The summed E-state index contributed by atoms with van der Waals surface area (Å²) in [6, 6.07) is 0. The first kappa shape index (κ1) is 16.2. The van der Waals surface area contributed by atoms with Gasteiger partial charge in [-0.15, -0.1) is 0 Å². The van der Waals surface area contributed by atoms with Crippen molar-refractivity contribution < 1.29 is 18.9 Å². The van der Waals surface area contributed by atoms with E-state index in [9.17, 15) is 0 Å². The summed E-state index contributed by atoms with van der Waals surface area (Å²) < 4.78 is 1.81. The zero-order chi connectivity index (χ0) is 9.23. The van der Waals surface area contributed by atoms with Crippen LogP contribution in [0.3, 0.4) is 0 Å². The predicted octanol–water partition coefficient (Wildman–Crippen LogP) is 0.630. The van der Waals surface area contributed by atoms with Crippen molar-refractivity contribution in [3.63, 3.8) is 0 Å². The van der Waals surface area contributed by atoms with Gasteiger partial charge in [0.2, 0.25) is 0 Å². The Morgan fingerprint density at radius 3 is 1.25 bits per heavy atom. The Morgan fingerprint density at radius 1 is 1.00 bits per heavy atom. The molecule has 0 atom stereocenters. The fourth-order valence-corrected chi connectivity index (χ4v) is 13.3. The van der Waals surface area contributed by atoms with Gasteiger partial charge < -0.3 is 6.66 Å². The van der Waals surface area contributed by atoms with Gasteiger partial charge in [0.1, 0.15) is 0 Å². The molecule has 0 aromatic rings. The smallest absolute Gasteiger partial charge is 0.315 e. The maximum absolute atomic E-state index is 4.32. The summed E-state index contributed by atoms with van der Waals surface area (Å²) in [6.45, 7) is 17.5. The molecule has 0 aliphatic rings. The summed E-state index contributed by atoms with van der Waals surface area (Å²) in [5.41, 5.74) is 0. The van der Waals surface area contributed by atoms with E-state index in [1.165, 1.54) is 0 Å². The van der Waals surface area contributed by atoms with Crippen LogP contribution >= 0.6 is 22.7 Å². The molecule has 0 amide bonds. The van der Waals surface area contributed by atoms with Gasteiger partial charge in [0.25, 0.3) is 0 Å². The van der Waals surface area contributed by atoms with Gasteiger partial charge in [-0.25, -0.2) is 6.89 Å². The van der Waals surface area contributed by atoms with E-state index in [-0.39, 0.29) is 34.7 Å². The van der Waals surface area contributed by atoms with Crippen molar-refractivity contribution in [1.82, 2.24) is 0 Å². The van der Waals surface area contributed by atoms with E-state index in [1.807, 2.05) is 4.78 Å². The Balaban J connectivity index is 0. The number of hydrogen-bond donors (Lipinski definition) is 0. The van der Waals surface area contributed by atoms with Crippen molar-refractivity contribution in [3.05, 3.63) is 6.66 Å². The molecule has 0 radical (unpaired) electrons. The van der Waals surface area contributed by atoms with E-state index in [0.29, 0.717) is 0 Å². The van der Waals surface area contributed by atoms with Gasteiger partial charge in [-0.1, -0.05) is 33.9 Å². The Labute approximate surface area is 92.9 Å². The Morgan fingerprint density at radius 2 is 1.25 bits per heavy atom. The molecule has 0 saturated carbocycles. The molecule has 0 nitrogen and oxygen atoms in total. The number of rotatable bonds is 2. The minimum absolute atomic E-state index is 0. The van der Waals surface area contributed by atoms with Crippen LogP contribution in [0.2, 0.25) is 0 Å². The van der Waals surface area contributed by atoms with Crippen LogP contribution in [0.25, 0.3) is 0 Å². The second-order valence-electron chi connectivity index (χ2n) is 3.77. The molecule has 0 aromatic heterocycles. The van der Waals surface area contributed by atoms with Gasteiger partial charge in [-0.2, -0.15) is 0 Å². The standard InChI is InChI=1S/C8H20P3.Li/c1-9(2)8(10(3)4)11(5,6)7;/h5H2,1-4,6-7H3;/q-1;+1. The quantitative estimate of drug-likeness (QED) is 0.361. The molecule has 0 aromatic carbocycles. The summed E-state index contributed by atoms with van der Waals surface area (Å²) in [4.78, 5) is 0. The topological polar surface area (TPSA) is 0 Å². The van der Waals surface area contributed by atoms with Gasteiger partial charge in [-0.3, -0.25) is 0 Å². The zero-order valence-corrected chi connectivity index (χ0v) is 12.2. The van der Waals surface area contributed by atoms with Crippen LogP contribution in [0.1, 0.15) is 0 Å². The molecule has 0 aliphatic carbocycles. The molecule has 0 saturated heterocycles. The summed E-state index contributed by atoms with van der Waals surface area (Å²) in [5.74, 6) is 0. The average molecular weight is 216 g/mol. The summed E-state index contributed by atoms with van der Waals surface area (Å²) in [5, 5.41) is 0. The average Bonchev–Trinajstić information content (AvgIpc) is 1.54. The molecule has 68 valence electrons. The van der Waals surface area contributed by atoms with E-state index in [2.05, 4.69) is 46.7 Å². The molecular weight excluding hydrogens is 196 g/mol.